The molecule has 0 aliphatic rings. The molecule has 3 aromatic carbocycles. The van der Waals surface area contributed by atoms with Crippen LogP contribution in [0, 0.1) is 6.92 Å². The van der Waals surface area contributed by atoms with Crippen LogP contribution in [0.4, 0.5) is 0 Å². The molecule has 0 unspecified atom stereocenters. The third-order valence-corrected chi connectivity index (χ3v) is 8.99. The maximum Gasteiger partial charge on any atom is 0.206 e. The van der Waals surface area contributed by atoms with Gasteiger partial charge in [-0.25, -0.2) is 25.3 Å². The van der Waals surface area contributed by atoms with Gasteiger partial charge in [0.15, 0.2) is 9.84 Å². The Morgan fingerprint density at radius 1 is 0.517 bits per heavy atom. The van der Waals surface area contributed by atoms with Gasteiger partial charge in [0.1, 0.15) is 0 Å². The Kier molecular flexibility index (Phi) is 5.42. The van der Waals surface area contributed by atoms with Gasteiger partial charge in [0.2, 0.25) is 19.7 Å². The molecule has 0 N–H and O–H groups in total. The second-order valence-electron chi connectivity index (χ2n) is 6.54. The van der Waals surface area contributed by atoms with E-state index in [1.807, 2.05) is 0 Å². The Morgan fingerprint density at radius 3 is 1.28 bits per heavy atom. The third-order valence-electron chi connectivity index (χ3n) is 4.31. The number of hydrogen-bond acceptors (Lipinski definition) is 6. The van der Waals surface area contributed by atoms with Crippen molar-refractivity contribution in [2.24, 2.45) is 0 Å². The van der Waals surface area contributed by atoms with E-state index in [2.05, 4.69) is 0 Å². The summed E-state index contributed by atoms with van der Waals surface area (Å²) in [7, 11) is -11.1. The average molecular weight is 451 g/mol. The minimum atomic E-state index is -3.92. The van der Waals surface area contributed by atoms with Gasteiger partial charge in [0.05, 0.1) is 24.5 Å². The smallest absolute Gasteiger partial charge is 0.206 e. The van der Waals surface area contributed by atoms with Gasteiger partial charge in [-0.15, -0.1) is 0 Å². The Labute approximate surface area is 170 Å². The van der Waals surface area contributed by atoms with Crippen LogP contribution in [0.3, 0.4) is 0 Å². The summed E-state index contributed by atoms with van der Waals surface area (Å²) >= 11 is 0. The molecule has 0 radical (unpaired) electrons. The summed E-state index contributed by atoms with van der Waals surface area (Å²) in [4.78, 5) is -0.0537. The zero-order chi connectivity index (χ0) is 21.4. The van der Waals surface area contributed by atoms with Crippen LogP contribution in [0.1, 0.15) is 5.56 Å². The average Bonchev–Trinajstić information content (AvgIpc) is 2.67. The van der Waals surface area contributed by atoms with Gasteiger partial charge in [-0.2, -0.15) is 0 Å². The van der Waals surface area contributed by atoms with Crippen molar-refractivity contribution in [1.29, 1.82) is 0 Å². The number of aryl methyl sites for hydroxylation is 1. The molecule has 29 heavy (non-hydrogen) atoms. The molecule has 9 heteroatoms. The monoisotopic (exact) mass is 450 g/mol. The molecule has 0 fully saturated rings. The molecule has 0 atom stereocenters. The molecule has 0 spiro atoms. The number of sulfone groups is 3. The van der Waals surface area contributed by atoms with Crippen LogP contribution < -0.4 is 0 Å². The topological polar surface area (TPSA) is 102 Å². The summed E-state index contributed by atoms with van der Waals surface area (Å²) in [5.74, 6) is 0. The largest absolute Gasteiger partial charge is 0.224 e. The molecule has 0 saturated carbocycles. The van der Waals surface area contributed by atoms with E-state index in [-0.39, 0.29) is 24.5 Å². The van der Waals surface area contributed by atoms with E-state index in [1.165, 1.54) is 54.6 Å². The van der Waals surface area contributed by atoms with Gasteiger partial charge in [0, 0.05) is 6.26 Å². The molecule has 3 aromatic rings. The van der Waals surface area contributed by atoms with Crippen LogP contribution in [-0.4, -0.2) is 31.5 Å². The van der Waals surface area contributed by atoms with E-state index < -0.39 is 29.5 Å². The molecular formula is C20H18O6S3. The van der Waals surface area contributed by atoms with E-state index in [9.17, 15) is 25.3 Å². The first-order valence-electron chi connectivity index (χ1n) is 8.39. The van der Waals surface area contributed by atoms with E-state index >= 15 is 0 Å². The normalized spacial score (nSPS) is 12.6. The molecular weight excluding hydrogens is 432 g/mol. The highest BCUT2D eigenvalue weighted by atomic mass is 32.2. The van der Waals surface area contributed by atoms with Gasteiger partial charge >= 0.3 is 0 Å². The van der Waals surface area contributed by atoms with E-state index in [0.717, 1.165) is 11.8 Å². The number of rotatable bonds is 5. The highest BCUT2D eigenvalue weighted by molar-refractivity contribution is 7.92. The minimum absolute atomic E-state index is 0.0102. The van der Waals surface area contributed by atoms with Crippen molar-refractivity contribution in [3.63, 3.8) is 0 Å². The molecule has 0 aliphatic carbocycles. The molecule has 0 heterocycles. The Balaban J connectivity index is 1.97. The lowest BCUT2D eigenvalue weighted by molar-refractivity contribution is 0.592. The van der Waals surface area contributed by atoms with E-state index in [4.69, 9.17) is 0 Å². The van der Waals surface area contributed by atoms with E-state index in [1.54, 1.807) is 25.1 Å². The number of benzene rings is 3. The zero-order valence-corrected chi connectivity index (χ0v) is 18.1. The van der Waals surface area contributed by atoms with Crippen molar-refractivity contribution < 1.29 is 25.3 Å². The second-order valence-corrected chi connectivity index (χ2v) is 12.5. The maximum atomic E-state index is 12.8. The number of hydrogen-bond donors (Lipinski definition) is 0. The van der Waals surface area contributed by atoms with Gasteiger partial charge in [0.25, 0.3) is 0 Å². The van der Waals surface area contributed by atoms with Gasteiger partial charge in [-0.3, -0.25) is 0 Å². The summed E-state index contributed by atoms with van der Waals surface area (Å²) < 4.78 is 74.1. The van der Waals surface area contributed by atoms with Crippen LogP contribution in [0.2, 0.25) is 0 Å². The summed E-state index contributed by atoms with van der Waals surface area (Å²) in [5.41, 5.74) is 0.794. The zero-order valence-electron chi connectivity index (χ0n) is 15.6. The molecule has 0 saturated heterocycles. The molecule has 0 aliphatic heterocycles. The summed E-state index contributed by atoms with van der Waals surface area (Å²) in [5, 5.41) is 0. The van der Waals surface area contributed by atoms with Gasteiger partial charge < -0.3 is 0 Å². The van der Waals surface area contributed by atoms with Crippen molar-refractivity contribution in [2.75, 3.05) is 6.26 Å². The maximum absolute atomic E-state index is 12.8. The van der Waals surface area contributed by atoms with Gasteiger partial charge in [-0.05, 0) is 73.2 Å². The first-order valence-corrected chi connectivity index (χ1v) is 13.3. The summed E-state index contributed by atoms with van der Waals surface area (Å²) in [6.45, 7) is 1.78. The van der Waals surface area contributed by atoms with Crippen molar-refractivity contribution in [3.05, 3.63) is 78.4 Å². The van der Waals surface area contributed by atoms with Crippen molar-refractivity contribution in [3.8, 4) is 0 Å². The fourth-order valence-corrected chi connectivity index (χ4v) is 5.98. The first-order chi connectivity index (χ1) is 13.4. The van der Waals surface area contributed by atoms with Gasteiger partial charge in [-0.1, -0.05) is 12.1 Å². The van der Waals surface area contributed by atoms with Crippen molar-refractivity contribution in [2.45, 2.75) is 31.4 Å². The molecule has 0 amide bonds. The van der Waals surface area contributed by atoms with Crippen LogP contribution >= 0.6 is 0 Å². The molecule has 3 rings (SSSR count). The minimum Gasteiger partial charge on any atom is -0.224 e. The molecule has 0 aromatic heterocycles. The quantitative estimate of drug-likeness (QED) is 0.592. The Bertz CT molecular complexity index is 1370. The van der Waals surface area contributed by atoms with Crippen molar-refractivity contribution >= 4 is 29.5 Å². The van der Waals surface area contributed by atoms with Crippen LogP contribution in [-0.2, 0) is 29.5 Å². The highest BCUT2D eigenvalue weighted by Crippen LogP contribution is 2.26. The first kappa shape index (κ1) is 21.2. The molecule has 6 nitrogen and oxygen atoms in total. The standard InChI is InChI=1S/C20H18O6S3/c1-15-4-3-5-20(14-15)29(25,26)19-12-10-18(11-13-19)28(23,24)17-8-6-16(7-9-17)27(2,21)22/h3-14H,1-2H3. The lowest BCUT2D eigenvalue weighted by Gasteiger charge is -2.08. The predicted molar refractivity (Wildman–Crippen MR) is 108 cm³/mol. The van der Waals surface area contributed by atoms with Crippen LogP contribution in [0.15, 0.2) is 97.3 Å². The fourth-order valence-electron chi connectivity index (χ4n) is 2.72. The SMILES string of the molecule is Cc1cccc(S(=O)(=O)c2ccc(S(=O)(=O)c3ccc(S(C)(=O)=O)cc3)cc2)c1. The lowest BCUT2D eigenvalue weighted by Crippen LogP contribution is -2.05. The molecule has 152 valence electrons. The fraction of sp³-hybridized carbons (Fsp3) is 0.100. The van der Waals surface area contributed by atoms with Crippen molar-refractivity contribution in [1.82, 2.24) is 0 Å². The summed E-state index contributed by atoms with van der Waals surface area (Å²) in [6.07, 6.45) is 1.03. The predicted octanol–water partition coefficient (Wildman–Crippen LogP) is 3.06. The highest BCUT2D eigenvalue weighted by Gasteiger charge is 2.22. The lowest BCUT2D eigenvalue weighted by atomic mass is 10.2. The van der Waals surface area contributed by atoms with Crippen LogP contribution in [0.5, 0.6) is 0 Å². The Morgan fingerprint density at radius 2 is 0.897 bits per heavy atom. The second kappa shape index (κ2) is 7.40. The third kappa shape index (κ3) is 4.26. The Hall–Kier alpha value is -2.49. The summed E-state index contributed by atoms with van der Waals surface area (Å²) in [6, 6.07) is 16.3. The molecule has 0 bridgehead atoms. The van der Waals surface area contributed by atoms with E-state index in [0.29, 0.717) is 0 Å². The van der Waals surface area contributed by atoms with Crippen LogP contribution in [0.25, 0.3) is 0 Å².